The zero-order valence-electron chi connectivity index (χ0n) is 9.49. The summed E-state index contributed by atoms with van der Waals surface area (Å²) in [6, 6.07) is 3.40. The zero-order valence-corrected chi connectivity index (χ0v) is 10.2. The van der Waals surface area contributed by atoms with Crippen molar-refractivity contribution in [1.82, 2.24) is 4.98 Å². The molecule has 3 N–H and O–H groups in total. The number of hydrogen-bond acceptors (Lipinski definition) is 4. The van der Waals surface area contributed by atoms with E-state index in [1.807, 2.05) is 4.90 Å². The van der Waals surface area contributed by atoms with Crippen LogP contribution in [0.4, 0.5) is 11.5 Å². The van der Waals surface area contributed by atoms with E-state index in [4.69, 9.17) is 22.4 Å². The van der Waals surface area contributed by atoms with Gasteiger partial charge in [-0.15, -0.1) is 0 Å². The average Bonchev–Trinajstić information content (AvgIpc) is 2.28. The van der Waals surface area contributed by atoms with Crippen molar-refractivity contribution in [2.75, 3.05) is 30.3 Å². The van der Waals surface area contributed by atoms with Crippen LogP contribution >= 0.6 is 11.6 Å². The summed E-state index contributed by atoms with van der Waals surface area (Å²) in [6.07, 6.45) is 2.12. The first-order chi connectivity index (χ1) is 7.69. The Balaban J connectivity index is 2.85. The van der Waals surface area contributed by atoms with Crippen LogP contribution in [0.15, 0.2) is 12.1 Å². The Bertz CT molecular complexity index is 333. The molecule has 16 heavy (non-hydrogen) atoms. The number of nitrogen functional groups attached to an aromatic ring is 1. The van der Waals surface area contributed by atoms with Crippen LogP contribution in [0.1, 0.15) is 19.8 Å². The van der Waals surface area contributed by atoms with Crippen molar-refractivity contribution >= 4 is 23.1 Å². The maximum Gasteiger partial charge on any atom is 0.153 e. The summed E-state index contributed by atoms with van der Waals surface area (Å²) < 4.78 is 0. The van der Waals surface area contributed by atoms with Crippen molar-refractivity contribution in [2.24, 2.45) is 0 Å². The van der Waals surface area contributed by atoms with Crippen LogP contribution in [-0.2, 0) is 0 Å². The van der Waals surface area contributed by atoms with E-state index in [1.165, 1.54) is 0 Å². The minimum Gasteiger partial charge on any atom is -0.396 e. The molecule has 0 amide bonds. The molecule has 90 valence electrons. The van der Waals surface area contributed by atoms with Crippen LogP contribution < -0.4 is 10.6 Å². The Morgan fingerprint density at radius 1 is 1.44 bits per heavy atom. The monoisotopic (exact) mass is 243 g/mol. The number of aliphatic hydroxyl groups is 1. The zero-order chi connectivity index (χ0) is 12.0. The van der Waals surface area contributed by atoms with Crippen molar-refractivity contribution in [2.45, 2.75) is 19.8 Å². The molecule has 0 spiro atoms. The van der Waals surface area contributed by atoms with Crippen molar-refractivity contribution in [3.63, 3.8) is 0 Å². The maximum atomic E-state index is 9.01. The molecule has 0 aliphatic rings. The minimum absolute atomic E-state index is 0.0807. The lowest BCUT2D eigenvalue weighted by molar-refractivity contribution is 0.301. The van der Waals surface area contributed by atoms with Gasteiger partial charge in [-0.1, -0.05) is 24.9 Å². The van der Waals surface area contributed by atoms with Crippen molar-refractivity contribution in [3.05, 3.63) is 17.3 Å². The third-order valence-electron chi connectivity index (χ3n) is 2.32. The lowest BCUT2D eigenvalue weighted by Crippen LogP contribution is -2.29. The quantitative estimate of drug-likeness (QED) is 0.750. The molecule has 0 atom stereocenters. The fourth-order valence-corrected chi connectivity index (χ4v) is 1.63. The summed E-state index contributed by atoms with van der Waals surface area (Å²) in [5, 5.41) is 9.43. The molecule has 0 unspecified atom stereocenters. The molecule has 0 aliphatic heterocycles. The van der Waals surface area contributed by atoms with Crippen LogP contribution in [0.2, 0.25) is 5.15 Å². The third kappa shape index (κ3) is 3.54. The van der Waals surface area contributed by atoms with E-state index in [1.54, 1.807) is 12.1 Å². The predicted molar refractivity (Wildman–Crippen MR) is 67.9 cm³/mol. The van der Waals surface area contributed by atoms with E-state index < -0.39 is 0 Å². The van der Waals surface area contributed by atoms with Gasteiger partial charge in [-0.25, -0.2) is 4.98 Å². The van der Waals surface area contributed by atoms with Crippen LogP contribution in [0.3, 0.4) is 0 Å². The van der Waals surface area contributed by atoms with Gasteiger partial charge in [0.1, 0.15) is 5.15 Å². The highest BCUT2D eigenvalue weighted by atomic mass is 35.5. The Kier molecular flexibility index (Phi) is 5.35. The Hall–Kier alpha value is -1.00. The molecule has 5 heteroatoms. The number of unbranched alkanes of at least 4 members (excludes halogenated alkanes) is 1. The van der Waals surface area contributed by atoms with Gasteiger partial charge in [0, 0.05) is 13.1 Å². The SMILES string of the molecule is CCCCN(CCO)c1nc(Cl)ccc1N. The second-order valence-corrected chi connectivity index (χ2v) is 4.00. The molecular formula is C11H18ClN3O. The van der Waals surface area contributed by atoms with Gasteiger partial charge in [0.05, 0.1) is 12.3 Å². The number of pyridine rings is 1. The number of anilines is 2. The smallest absolute Gasteiger partial charge is 0.153 e. The van der Waals surface area contributed by atoms with Gasteiger partial charge in [-0.2, -0.15) is 0 Å². The predicted octanol–water partition coefficient (Wildman–Crippen LogP) is 1.92. The second-order valence-electron chi connectivity index (χ2n) is 3.61. The Morgan fingerprint density at radius 3 is 2.81 bits per heavy atom. The highest BCUT2D eigenvalue weighted by molar-refractivity contribution is 6.29. The summed E-state index contributed by atoms with van der Waals surface area (Å²) in [7, 11) is 0. The molecule has 0 saturated carbocycles. The molecular weight excluding hydrogens is 226 g/mol. The number of halogens is 1. The lowest BCUT2D eigenvalue weighted by Gasteiger charge is -2.23. The number of hydrogen-bond donors (Lipinski definition) is 2. The van der Waals surface area contributed by atoms with E-state index in [2.05, 4.69) is 11.9 Å². The van der Waals surface area contributed by atoms with Crippen molar-refractivity contribution in [1.29, 1.82) is 0 Å². The summed E-state index contributed by atoms with van der Waals surface area (Å²) in [5.41, 5.74) is 6.44. The fraction of sp³-hybridized carbons (Fsp3) is 0.545. The summed E-state index contributed by atoms with van der Waals surface area (Å²) in [4.78, 5) is 6.16. The van der Waals surface area contributed by atoms with E-state index in [9.17, 15) is 0 Å². The van der Waals surface area contributed by atoms with Gasteiger partial charge in [-0.3, -0.25) is 0 Å². The number of nitrogens with zero attached hydrogens (tertiary/aromatic N) is 2. The Labute approximate surface area is 101 Å². The fourth-order valence-electron chi connectivity index (χ4n) is 1.48. The number of rotatable bonds is 6. The van der Waals surface area contributed by atoms with Crippen LogP contribution in [0, 0.1) is 0 Å². The third-order valence-corrected chi connectivity index (χ3v) is 2.53. The van der Waals surface area contributed by atoms with Gasteiger partial charge in [0.25, 0.3) is 0 Å². The van der Waals surface area contributed by atoms with Crippen LogP contribution in [-0.4, -0.2) is 29.8 Å². The Morgan fingerprint density at radius 2 is 2.19 bits per heavy atom. The van der Waals surface area contributed by atoms with Crippen LogP contribution in [0.25, 0.3) is 0 Å². The maximum absolute atomic E-state index is 9.01. The largest absolute Gasteiger partial charge is 0.396 e. The number of aromatic nitrogens is 1. The van der Waals surface area contributed by atoms with Gasteiger partial charge < -0.3 is 15.7 Å². The van der Waals surface area contributed by atoms with Gasteiger partial charge in [-0.05, 0) is 18.6 Å². The normalized spacial score (nSPS) is 10.4. The van der Waals surface area contributed by atoms with Crippen molar-refractivity contribution in [3.8, 4) is 0 Å². The van der Waals surface area contributed by atoms with Crippen molar-refractivity contribution < 1.29 is 5.11 Å². The molecule has 4 nitrogen and oxygen atoms in total. The highest BCUT2D eigenvalue weighted by Crippen LogP contribution is 2.22. The molecule has 0 bridgehead atoms. The summed E-state index contributed by atoms with van der Waals surface area (Å²) in [6.45, 7) is 3.55. The highest BCUT2D eigenvalue weighted by Gasteiger charge is 2.11. The number of aliphatic hydroxyl groups excluding tert-OH is 1. The summed E-state index contributed by atoms with van der Waals surface area (Å²) >= 11 is 5.84. The van der Waals surface area contributed by atoms with E-state index in [0.717, 1.165) is 19.4 Å². The molecule has 0 aromatic carbocycles. The molecule has 1 aromatic rings. The van der Waals surface area contributed by atoms with Crippen LogP contribution in [0.5, 0.6) is 0 Å². The molecule has 1 rings (SSSR count). The van der Waals surface area contributed by atoms with E-state index >= 15 is 0 Å². The van der Waals surface area contributed by atoms with E-state index in [0.29, 0.717) is 23.2 Å². The van der Waals surface area contributed by atoms with Gasteiger partial charge >= 0.3 is 0 Å². The standard InChI is InChI=1S/C11H18ClN3O/c1-2-3-6-15(7-8-16)11-9(13)4-5-10(12)14-11/h4-5,16H,2-3,6-8,13H2,1H3. The average molecular weight is 244 g/mol. The lowest BCUT2D eigenvalue weighted by atomic mass is 10.3. The van der Waals surface area contributed by atoms with Gasteiger partial charge in [0.2, 0.25) is 0 Å². The molecule has 1 aromatic heterocycles. The number of nitrogens with two attached hydrogens (primary N) is 1. The van der Waals surface area contributed by atoms with Gasteiger partial charge in [0.15, 0.2) is 5.82 Å². The molecule has 0 radical (unpaired) electrons. The molecule has 1 heterocycles. The first kappa shape index (κ1) is 13.1. The first-order valence-electron chi connectivity index (χ1n) is 5.46. The first-order valence-corrected chi connectivity index (χ1v) is 5.84. The molecule has 0 saturated heterocycles. The topological polar surface area (TPSA) is 62.4 Å². The molecule has 0 aliphatic carbocycles. The second kappa shape index (κ2) is 6.55. The van der Waals surface area contributed by atoms with E-state index in [-0.39, 0.29) is 6.61 Å². The summed E-state index contributed by atoms with van der Waals surface area (Å²) in [5.74, 6) is 0.662. The minimum atomic E-state index is 0.0807. The molecule has 0 fully saturated rings.